The third kappa shape index (κ3) is 4.52. The van der Waals surface area contributed by atoms with Gasteiger partial charge in [-0.1, -0.05) is 25.7 Å². The Kier molecular flexibility index (Phi) is 6.46. The molecule has 2 atom stereocenters. The maximum absolute atomic E-state index is 6.24. The van der Waals surface area contributed by atoms with E-state index >= 15 is 0 Å². The lowest BCUT2D eigenvalue weighted by Gasteiger charge is -2.31. The van der Waals surface area contributed by atoms with Gasteiger partial charge in [-0.2, -0.15) is 0 Å². The Morgan fingerprint density at radius 2 is 1.72 bits per heavy atom. The molecule has 3 heteroatoms. The molecule has 0 bridgehead atoms. The van der Waals surface area contributed by atoms with E-state index in [4.69, 9.17) is 9.47 Å². The Labute approximate surface area is 112 Å². The number of hydrogen-bond donors (Lipinski definition) is 1. The van der Waals surface area contributed by atoms with E-state index < -0.39 is 0 Å². The molecule has 2 fully saturated rings. The molecule has 2 rings (SSSR count). The molecule has 3 nitrogen and oxygen atoms in total. The fourth-order valence-electron chi connectivity index (χ4n) is 3.15. The standard InChI is InChI=1S/C15H29NO2/c1-16-14-6-4-2-3-5-7-15(14)18-12-13-8-10-17-11-9-13/h13-16H,2-12H2,1H3. The van der Waals surface area contributed by atoms with Crippen LogP contribution < -0.4 is 5.32 Å². The summed E-state index contributed by atoms with van der Waals surface area (Å²) in [5.41, 5.74) is 0. The Balaban J connectivity index is 1.75. The fourth-order valence-corrected chi connectivity index (χ4v) is 3.15. The van der Waals surface area contributed by atoms with E-state index in [2.05, 4.69) is 12.4 Å². The van der Waals surface area contributed by atoms with Crippen LogP contribution >= 0.6 is 0 Å². The molecule has 0 aromatic carbocycles. The second kappa shape index (κ2) is 8.13. The van der Waals surface area contributed by atoms with Crippen LogP contribution in [0.15, 0.2) is 0 Å². The van der Waals surface area contributed by atoms with Gasteiger partial charge in [-0.3, -0.25) is 0 Å². The molecular weight excluding hydrogens is 226 g/mol. The molecule has 0 aromatic rings. The Hall–Kier alpha value is -0.120. The van der Waals surface area contributed by atoms with E-state index in [1.54, 1.807) is 0 Å². The summed E-state index contributed by atoms with van der Waals surface area (Å²) < 4.78 is 11.6. The number of ether oxygens (including phenoxy) is 2. The van der Waals surface area contributed by atoms with Gasteiger partial charge in [0.2, 0.25) is 0 Å². The van der Waals surface area contributed by atoms with Gasteiger partial charge in [0.25, 0.3) is 0 Å². The lowest BCUT2D eigenvalue weighted by atomic mass is 9.94. The Bertz CT molecular complexity index is 217. The van der Waals surface area contributed by atoms with Crippen molar-refractivity contribution in [3.8, 4) is 0 Å². The lowest BCUT2D eigenvalue weighted by molar-refractivity contribution is -0.0300. The van der Waals surface area contributed by atoms with Crippen molar-refractivity contribution in [2.75, 3.05) is 26.9 Å². The Morgan fingerprint density at radius 3 is 2.44 bits per heavy atom. The van der Waals surface area contributed by atoms with Crippen molar-refractivity contribution in [1.29, 1.82) is 0 Å². The second-order valence-electron chi connectivity index (χ2n) is 5.81. The van der Waals surface area contributed by atoms with Gasteiger partial charge >= 0.3 is 0 Å². The molecule has 0 spiro atoms. The minimum atomic E-state index is 0.429. The maximum Gasteiger partial charge on any atom is 0.0728 e. The number of hydrogen-bond acceptors (Lipinski definition) is 3. The van der Waals surface area contributed by atoms with E-state index in [-0.39, 0.29) is 0 Å². The summed E-state index contributed by atoms with van der Waals surface area (Å²) in [5, 5.41) is 3.46. The molecule has 2 unspecified atom stereocenters. The molecule has 1 aliphatic heterocycles. The average Bonchev–Trinajstić information content (AvgIpc) is 2.39. The van der Waals surface area contributed by atoms with E-state index in [9.17, 15) is 0 Å². The van der Waals surface area contributed by atoms with Gasteiger partial charge in [0.05, 0.1) is 12.7 Å². The second-order valence-corrected chi connectivity index (χ2v) is 5.81. The molecular formula is C15H29NO2. The Morgan fingerprint density at radius 1 is 1.00 bits per heavy atom. The molecule has 0 radical (unpaired) electrons. The highest BCUT2D eigenvalue weighted by atomic mass is 16.5. The van der Waals surface area contributed by atoms with Crippen molar-refractivity contribution in [1.82, 2.24) is 5.32 Å². The smallest absolute Gasteiger partial charge is 0.0728 e. The fraction of sp³-hybridized carbons (Fsp3) is 1.00. The van der Waals surface area contributed by atoms with Crippen molar-refractivity contribution in [2.24, 2.45) is 5.92 Å². The van der Waals surface area contributed by atoms with Crippen LogP contribution in [0.25, 0.3) is 0 Å². The zero-order valence-corrected chi connectivity index (χ0v) is 11.8. The summed E-state index contributed by atoms with van der Waals surface area (Å²) in [7, 11) is 2.08. The van der Waals surface area contributed by atoms with Gasteiger partial charge < -0.3 is 14.8 Å². The monoisotopic (exact) mass is 255 g/mol. The van der Waals surface area contributed by atoms with Gasteiger partial charge in [-0.15, -0.1) is 0 Å². The van der Waals surface area contributed by atoms with Crippen LogP contribution in [0, 0.1) is 5.92 Å². The first-order chi connectivity index (χ1) is 8.90. The lowest BCUT2D eigenvalue weighted by Crippen LogP contribution is -2.41. The number of nitrogens with one attached hydrogen (secondary N) is 1. The summed E-state index contributed by atoms with van der Waals surface area (Å²) in [6.45, 7) is 2.79. The summed E-state index contributed by atoms with van der Waals surface area (Å²) in [5.74, 6) is 0.724. The van der Waals surface area contributed by atoms with Crippen LogP contribution in [0.4, 0.5) is 0 Å². The van der Waals surface area contributed by atoms with Gasteiger partial charge in [0.1, 0.15) is 0 Å². The first-order valence-electron chi connectivity index (χ1n) is 7.76. The van der Waals surface area contributed by atoms with E-state index in [1.807, 2.05) is 0 Å². The highest BCUT2D eigenvalue weighted by Gasteiger charge is 2.23. The van der Waals surface area contributed by atoms with E-state index in [1.165, 1.54) is 51.4 Å². The maximum atomic E-state index is 6.24. The third-order valence-corrected chi connectivity index (χ3v) is 4.46. The van der Waals surface area contributed by atoms with Gasteiger partial charge in [0, 0.05) is 19.3 Å². The van der Waals surface area contributed by atoms with Crippen LogP contribution in [0.1, 0.15) is 51.4 Å². The largest absolute Gasteiger partial charge is 0.381 e. The van der Waals surface area contributed by atoms with Gasteiger partial charge in [-0.25, -0.2) is 0 Å². The molecule has 0 aromatic heterocycles. The summed E-state index contributed by atoms with van der Waals surface area (Å²) >= 11 is 0. The number of likely N-dealkylation sites (N-methyl/N-ethyl adjacent to an activating group) is 1. The van der Waals surface area contributed by atoms with Crippen LogP contribution in [-0.2, 0) is 9.47 Å². The molecule has 1 N–H and O–H groups in total. The van der Waals surface area contributed by atoms with Crippen molar-refractivity contribution in [3.05, 3.63) is 0 Å². The predicted molar refractivity (Wildman–Crippen MR) is 73.8 cm³/mol. The van der Waals surface area contributed by atoms with Crippen molar-refractivity contribution in [2.45, 2.75) is 63.5 Å². The van der Waals surface area contributed by atoms with Crippen LogP contribution in [0.5, 0.6) is 0 Å². The molecule has 106 valence electrons. The molecule has 2 aliphatic rings. The quantitative estimate of drug-likeness (QED) is 0.838. The molecule has 1 heterocycles. The highest BCUT2D eigenvalue weighted by Crippen LogP contribution is 2.22. The van der Waals surface area contributed by atoms with Crippen molar-refractivity contribution < 1.29 is 9.47 Å². The summed E-state index contributed by atoms with van der Waals surface area (Å²) in [4.78, 5) is 0. The minimum absolute atomic E-state index is 0.429. The molecule has 0 amide bonds. The molecule has 1 saturated carbocycles. The zero-order chi connectivity index (χ0) is 12.6. The van der Waals surface area contributed by atoms with Gasteiger partial charge in [-0.05, 0) is 38.6 Å². The summed E-state index contributed by atoms with van der Waals surface area (Å²) in [6, 6.07) is 0.560. The third-order valence-electron chi connectivity index (χ3n) is 4.46. The first-order valence-corrected chi connectivity index (χ1v) is 7.76. The van der Waals surface area contributed by atoms with Crippen LogP contribution in [0.2, 0.25) is 0 Å². The number of rotatable bonds is 4. The van der Waals surface area contributed by atoms with E-state index in [0.717, 1.165) is 25.7 Å². The molecule has 1 saturated heterocycles. The minimum Gasteiger partial charge on any atom is -0.381 e. The van der Waals surface area contributed by atoms with Gasteiger partial charge in [0.15, 0.2) is 0 Å². The van der Waals surface area contributed by atoms with Crippen LogP contribution in [0.3, 0.4) is 0 Å². The van der Waals surface area contributed by atoms with Crippen LogP contribution in [-0.4, -0.2) is 39.0 Å². The highest BCUT2D eigenvalue weighted by molar-refractivity contribution is 4.78. The van der Waals surface area contributed by atoms with Crippen molar-refractivity contribution >= 4 is 0 Å². The van der Waals surface area contributed by atoms with E-state index in [0.29, 0.717) is 12.1 Å². The summed E-state index contributed by atoms with van der Waals surface area (Å²) in [6.07, 6.45) is 10.7. The normalized spacial score (nSPS) is 31.8. The topological polar surface area (TPSA) is 30.5 Å². The first kappa shape index (κ1) is 14.3. The predicted octanol–water partition coefficient (Wildman–Crippen LogP) is 2.74. The molecule has 18 heavy (non-hydrogen) atoms. The zero-order valence-electron chi connectivity index (χ0n) is 11.8. The average molecular weight is 255 g/mol. The SMILES string of the molecule is CNC1CCCCCCC1OCC1CCOCC1. The molecule has 1 aliphatic carbocycles. The van der Waals surface area contributed by atoms with Crippen molar-refractivity contribution in [3.63, 3.8) is 0 Å².